The van der Waals surface area contributed by atoms with E-state index in [1.54, 1.807) is 34.9 Å². The number of carbonyl (C=O) groups is 2. The smallest absolute Gasteiger partial charge is 0.260 e. The van der Waals surface area contributed by atoms with E-state index in [9.17, 15) is 22.8 Å². The number of benzene rings is 3. The summed E-state index contributed by atoms with van der Waals surface area (Å²) in [4.78, 5) is 32.1. The first-order chi connectivity index (χ1) is 20.2. The van der Waals surface area contributed by atoms with Crippen LogP contribution >= 0.6 is 11.6 Å². The first-order valence-electron chi connectivity index (χ1n) is 13.4. The zero-order valence-electron chi connectivity index (χ0n) is 22.8. The van der Waals surface area contributed by atoms with Gasteiger partial charge in [-0.1, -0.05) is 47.1 Å². The van der Waals surface area contributed by atoms with Crippen molar-refractivity contribution in [2.24, 2.45) is 0 Å². The van der Waals surface area contributed by atoms with Crippen molar-refractivity contribution in [2.45, 2.75) is 13.5 Å². The summed E-state index contributed by atoms with van der Waals surface area (Å²) in [6, 6.07) is 15.9. The van der Waals surface area contributed by atoms with E-state index >= 15 is 0 Å². The van der Waals surface area contributed by atoms with Crippen molar-refractivity contribution in [1.82, 2.24) is 19.9 Å². The third-order valence-corrected chi connectivity index (χ3v) is 7.61. The fraction of sp³-hybridized carbons (Fsp3) is 0.258. The largest absolute Gasteiger partial charge is 0.360 e. The van der Waals surface area contributed by atoms with Crippen molar-refractivity contribution in [3.05, 3.63) is 112 Å². The number of halogens is 4. The molecule has 0 unspecified atom stereocenters. The predicted octanol–water partition coefficient (Wildman–Crippen LogP) is 5.82. The molecule has 0 radical (unpaired) electrons. The van der Waals surface area contributed by atoms with Gasteiger partial charge in [-0.15, -0.1) is 0 Å². The van der Waals surface area contributed by atoms with Gasteiger partial charge in [-0.05, 0) is 48.9 Å². The molecule has 0 N–H and O–H groups in total. The summed E-state index contributed by atoms with van der Waals surface area (Å²) in [6.45, 7) is 4.32. The van der Waals surface area contributed by atoms with Gasteiger partial charge in [0, 0.05) is 45.8 Å². The predicted molar refractivity (Wildman–Crippen MR) is 152 cm³/mol. The lowest BCUT2D eigenvalue weighted by molar-refractivity contribution is 0.0595. The van der Waals surface area contributed by atoms with Crippen molar-refractivity contribution in [2.75, 3.05) is 39.3 Å². The highest BCUT2D eigenvalue weighted by Gasteiger charge is 2.30. The van der Waals surface area contributed by atoms with Gasteiger partial charge in [0.2, 0.25) is 0 Å². The van der Waals surface area contributed by atoms with Crippen molar-refractivity contribution < 1.29 is 27.3 Å². The number of hydrogen-bond acceptors (Lipinski definition) is 5. The highest BCUT2D eigenvalue weighted by molar-refractivity contribution is 6.33. The monoisotopic (exact) mass is 596 g/mol. The molecule has 7 nitrogen and oxygen atoms in total. The van der Waals surface area contributed by atoms with Crippen LogP contribution in [0.25, 0.3) is 11.3 Å². The second-order valence-electron chi connectivity index (χ2n) is 10.0. The molecule has 3 aromatic carbocycles. The topological polar surface area (TPSA) is 69.9 Å². The highest BCUT2D eigenvalue weighted by Crippen LogP contribution is 2.34. The lowest BCUT2D eigenvalue weighted by Crippen LogP contribution is -2.50. The number of aromatic nitrogens is 1. The van der Waals surface area contributed by atoms with Crippen LogP contribution in [0.3, 0.4) is 0 Å². The van der Waals surface area contributed by atoms with Gasteiger partial charge in [0.25, 0.3) is 11.8 Å². The molecule has 0 spiro atoms. The maximum Gasteiger partial charge on any atom is 0.260 e. The molecule has 42 heavy (non-hydrogen) atoms. The third-order valence-electron chi connectivity index (χ3n) is 7.30. The van der Waals surface area contributed by atoms with Crippen LogP contribution in [0.1, 0.15) is 32.0 Å². The molecule has 1 fully saturated rings. The van der Waals surface area contributed by atoms with Crippen LogP contribution in [0, 0.1) is 24.4 Å². The maximum atomic E-state index is 14.8. The number of rotatable bonds is 8. The molecule has 1 aliphatic rings. The van der Waals surface area contributed by atoms with Gasteiger partial charge < -0.3 is 14.3 Å². The Hall–Kier alpha value is -4.15. The number of hydrogen-bond donors (Lipinski definition) is 0. The SMILES string of the molecule is Cc1onc(-c2c(F)cccc2Cl)c1C(=O)N(CCN1CCN(C(=O)c2ccccc2F)CC1)Cc1ccc(F)cc1. The quantitative estimate of drug-likeness (QED) is 0.256. The van der Waals surface area contributed by atoms with Gasteiger partial charge in [0.05, 0.1) is 16.1 Å². The molecular weight excluding hydrogens is 569 g/mol. The Morgan fingerprint density at radius 3 is 2.31 bits per heavy atom. The molecule has 2 amide bonds. The Balaban J connectivity index is 1.33. The summed E-state index contributed by atoms with van der Waals surface area (Å²) in [7, 11) is 0. The molecular formula is C31H28ClF3N4O3. The number of carbonyl (C=O) groups excluding carboxylic acids is 2. The first-order valence-corrected chi connectivity index (χ1v) is 13.8. The molecule has 1 aliphatic heterocycles. The minimum absolute atomic E-state index is 0.00461. The second-order valence-corrected chi connectivity index (χ2v) is 10.4. The Morgan fingerprint density at radius 2 is 1.62 bits per heavy atom. The molecule has 0 saturated carbocycles. The van der Waals surface area contributed by atoms with Gasteiger partial charge in [0.15, 0.2) is 0 Å². The van der Waals surface area contributed by atoms with Crippen LogP contribution in [-0.2, 0) is 6.54 Å². The van der Waals surface area contributed by atoms with E-state index in [-0.39, 0.29) is 52.2 Å². The highest BCUT2D eigenvalue weighted by atomic mass is 35.5. The molecule has 5 rings (SSSR count). The van der Waals surface area contributed by atoms with E-state index in [4.69, 9.17) is 16.1 Å². The average Bonchev–Trinajstić information content (AvgIpc) is 3.36. The molecule has 1 aromatic heterocycles. The standard InChI is InChI=1S/C31H28ClF3N4O3/c1-20-27(29(36-42-20)28-24(32)6-4-8-26(28)35)31(41)39(19-21-9-11-22(33)12-10-21)18-15-37-13-16-38(17-14-37)30(40)23-5-2-3-7-25(23)34/h2-12H,13-19H2,1H3. The van der Waals surface area contributed by atoms with Crippen LogP contribution in [-0.4, -0.2) is 70.9 Å². The lowest BCUT2D eigenvalue weighted by Gasteiger charge is -2.36. The molecule has 218 valence electrons. The van der Waals surface area contributed by atoms with E-state index < -0.39 is 23.4 Å². The van der Waals surface area contributed by atoms with Crippen LogP contribution < -0.4 is 0 Å². The summed E-state index contributed by atoms with van der Waals surface area (Å²) in [6.07, 6.45) is 0. The molecule has 0 aliphatic carbocycles. The summed E-state index contributed by atoms with van der Waals surface area (Å²) in [5.74, 6) is -2.19. The fourth-order valence-electron chi connectivity index (χ4n) is 4.98. The van der Waals surface area contributed by atoms with Gasteiger partial charge in [-0.2, -0.15) is 0 Å². The fourth-order valence-corrected chi connectivity index (χ4v) is 5.23. The molecule has 0 atom stereocenters. The third kappa shape index (κ3) is 6.34. The number of piperazine rings is 1. The van der Waals surface area contributed by atoms with E-state index in [0.29, 0.717) is 38.3 Å². The Kier molecular flexibility index (Phi) is 8.94. The van der Waals surface area contributed by atoms with Gasteiger partial charge >= 0.3 is 0 Å². The number of nitrogens with zero attached hydrogens (tertiary/aromatic N) is 4. The maximum absolute atomic E-state index is 14.8. The molecule has 2 heterocycles. The zero-order valence-corrected chi connectivity index (χ0v) is 23.6. The van der Waals surface area contributed by atoms with E-state index in [1.807, 2.05) is 0 Å². The number of aryl methyl sites for hydroxylation is 1. The summed E-state index contributed by atoms with van der Waals surface area (Å²) < 4.78 is 47.8. The second kappa shape index (κ2) is 12.8. The Bertz CT molecular complexity index is 1570. The molecule has 11 heteroatoms. The summed E-state index contributed by atoms with van der Waals surface area (Å²) in [5.41, 5.74) is 0.799. The Morgan fingerprint density at radius 1 is 0.929 bits per heavy atom. The van der Waals surface area contributed by atoms with Crippen molar-refractivity contribution >= 4 is 23.4 Å². The first kappa shape index (κ1) is 29.3. The Labute approximate surface area is 246 Å². The summed E-state index contributed by atoms with van der Waals surface area (Å²) >= 11 is 6.28. The van der Waals surface area contributed by atoms with E-state index in [1.165, 1.54) is 48.5 Å². The minimum Gasteiger partial charge on any atom is -0.360 e. The van der Waals surface area contributed by atoms with Gasteiger partial charge in [-0.3, -0.25) is 14.5 Å². The lowest BCUT2D eigenvalue weighted by atomic mass is 10.0. The van der Waals surface area contributed by atoms with Crippen molar-refractivity contribution in [3.63, 3.8) is 0 Å². The number of amides is 2. The van der Waals surface area contributed by atoms with Crippen molar-refractivity contribution in [1.29, 1.82) is 0 Å². The van der Waals surface area contributed by atoms with Crippen molar-refractivity contribution in [3.8, 4) is 11.3 Å². The minimum atomic E-state index is -0.641. The van der Waals surface area contributed by atoms with Gasteiger partial charge in [-0.25, -0.2) is 13.2 Å². The zero-order chi connectivity index (χ0) is 29.8. The average molecular weight is 597 g/mol. The van der Waals surface area contributed by atoms with Crippen LogP contribution in [0.2, 0.25) is 5.02 Å². The normalized spacial score (nSPS) is 13.8. The summed E-state index contributed by atoms with van der Waals surface area (Å²) in [5, 5.41) is 4.05. The van der Waals surface area contributed by atoms with Crippen LogP contribution in [0.4, 0.5) is 13.2 Å². The molecule has 4 aromatic rings. The van der Waals surface area contributed by atoms with E-state index in [2.05, 4.69) is 10.1 Å². The van der Waals surface area contributed by atoms with Crippen LogP contribution in [0.5, 0.6) is 0 Å². The molecule has 1 saturated heterocycles. The van der Waals surface area contributed by atoms with Gasteiger partial charge in [0.1, 0.15) is 34.5 Å². The molecule has 0 bridgehead atoms. The van der Waals surface area contributed by atoms with E-state index in [0.717, 1.165) is 0 Å². The van der Waals surface area contributed by atoms with Crippen LogP contribution in [0.15, 0.2) is 71.3 Å².